The van der Waals surface area contributed by atoms with Gasteiger partial charge in [0, 0.05) is 10.7 Å². The summed E-state index contributed by atoms with van der Waals surface area (Å²) in [6, 6.07) is 16.5. The first-order chi connectivity index (χ1) is 11.7. The molecular formula is C18H15ClN2O3. The molecule has 0 atom stereocenters. The highest BCUT2D eigenvalue weighted by Gasteiger charge is 2.14. The molecule has 0 saturated carbocycles. The van der Waals surface area contributed by atoms with Gasteiger partial charge in [0.2, 0.25) is 0 Å². The Hall–Kier alpha value is -2.79. The third-order valence-electron chi connectivity index (χ3n) is 3.28. The smallest absolute Gasteiger partial charge is 0.357 e. The summed E-state index contributed by atoms with van der Waals surface area (Å²) in [5.41, 5.74) is 1.21. The van der Waals surface area contributed by atoms with Gasteiger partial charge in [0.25, 0.3) is 0 Å². The average molecular weight is 343 g/mol. The van der Waals surface area contributed by atoms with Gasteiger partial charge in [-0.3, -0.25) is 4.57 Å². The molecule has 0 unspecified atom stereocenters. The van der Waals surface area contributed by atoms with Crippen LogP contribution in [0.25, 0.3) is 5.69 Å². The van der Waals surface area contributed by atoms with E-state index in [-0.39, 0.29) is 13.2 Å². The van der Waals surface area contributed by atoms with Gasteiger partial charge in [0.15, 0.2) is 5.69 Å². The Labute approximate surface area is 144 Å². The molecule has 0 aliphatic heterocycles. The molecule has 3 aromatic rings. The van der Waals surface area contributed by atoms with Crippen LogP contribution in [0.4, 0.5) is 0 Å². The number of halogens is 1. The predicted molar refractivity (Wildman–Crippen MR) is 90.8 cm³/mol. The van der Waals surface area contributed by atoms with Crippen molar-refractivity contribution < 1.29 is 14.3 Å². The van der Waals surface area contributed by atoms with Crippen LogP contribution in [0.1, 0.15) is 10.5 Å². The standard InChI is InChI=1S/C18H15ClN2O3/c19-14-6-8-16(9-7-14)23-10-11-24-18(22)17-12-20-13-21(17)15-4-2-1-3-5-15/h1-9,12-13H,10-11H2. The van der Waals surface area contributed by atoms with E-state index in [1.165, 1.54) is 6.20 Å². The summed E-state index contributed by atoms with van der Waals surface area (Å²) in [4.78, 5) is 16.2. The third-order valence-corrected chi connectivity index (χ3v) is 3.53. The molecule has 1 aromatic heterocycles. The Morgan fingerprint density at radius 3 is 2.54 bits per heavy atom. The Kier molecular flexibility index (Phi) is 5.13. The number of rotatable bonds is 6. The van der Waals surface area contributed by atoms with Gasteiger partial charge in [0.05, 0.1) is 12.5 Å². The predicted octanol–water partition coefficient (Wildman–Crippen LogP) is 3.76. The maximum Gasteiger partial charge on any atom is 0.357 e. The number of nitrogens with zero attached hydrogens (tertiary/aromatic N) is 2. The van der Waals surface area contributed by atoms with Crippen molar-refractivity contribution in [1.29, 1.82) is 0 Å². The van der Waals surface area contributed by atoms with E-state index in [1.807, 2.05) is 30.3 Å². The number of ether oxygens (including phenoxy) is 2. The molecule has 0 N–H and O–H groups in total. The Morgan fingerprint density at radius 2 is 1.79 bits per heavy atom. The van der Waals surface area contributed by atoms with Crippen LogP contribution in [0, 0.1) is 0 Å². The van der Waals surface area contributed by atoms with E-state index in [4.69, 9.17) is 21.1 Å². The minimum atomic E-state index is -0.448. The van der Waals surface area contributed by atoms with Crippen molar-refractivity contribution in [3.63, 3.8) is 0 Å². The Bertz CT molecular complexity index is 801. The molecule has 6 heteroatoms. The molecule has 0 bridgehead atoms. The number of hydrogen-bond acceptors (Lipinski definition) is 4. The first-order valence-electron chi connectivity index (χ1n) is 7.37. The first kappa shape index (κ1) is 16.1. The van der Waals surface area contributed by atoms with E-state index in [9.17, 15) is 4.79 Å². The molecular weight excluding hydrogens is 328 g/mol. The number of benzene rings is 2. The molecule has 0 fully saturated rings. The number of carbonyl (C=O) groups is 1. The fourth-order valence-corrected chi connectivity index (χ4v) is 2.27. The maximum absolute atomic E-state index is 12.2. The number of para-hydroxylation sites is 1. The van der Waals surface area contributed by atoms with Gasteiger partial charge < -0.3 is 9.47 Å². The highest BCUT2D eigenvalue weighted by Crippen LogP contribution is 2.15. The summed E-state index contributed by atoms with van der Waals surface area (Å²) >= 11 is 5.80. The summed E-state index contributed by atoms with van der Waals surface area (Å²) < 4.78 is 12.4. The van der Waals surface area contributed by atoms with Crippen LogP contribution in [-0.4, -0.2) is 28.7 Å². The monoisotopic (exact) mass is 342 g/mol. The number of aromatic nitrogens is 2. The second-order valence-electron chi connectivity index (χ2n) is 4.92. The molecule has 5 nitrogen and oxygen atoms in total. The van der Waals surface area contributed by atoms with E-state index in [0.29, 0.717) is 16.5 Å². The van der Waals surface area contributed by atoms with Crippen molar-refractivity contribution in [1.82, 2.24) is 9.55 Å². The lowest BCUT2D eigenvalue weighted by Gasteiger charge is -2.09. The first-order valence-corrected chi connectivity index (χ1v) is 7.75. The van der Waals surface area contributed by atoms with Crippen molar-refractivity contribution in [2.45, 2.75) is 0 Å². The Morgan fingerprint density at radius 1 is 1.04 bits per heavy atom. The van der Waals surface area contributed by atoms with Crippen LogP contribution in [-0.2, 0) is 4.74 Å². The number of hydrogen-bond donors (Lipinski definition) is 0. The summed E-state index contributed by atoms with van der Waals surface area (Å²) in [5, 5.41) is 0.642. The van der Waals surface area contributed by atoms with Gasteiger partial charge in [-0.1, -0.05) is 29.8 Å². The fraction of sp³-hybridized carbons (Fsp3) is 0.111. The summed E-state index contributed by atoms with van der Waals surface area (Å²) in [7, 11) is 0. The molecule has 0 aliphatic carbocycles. The van der Waals surface area contributed by atoms with Crippen molar-refractivity contribution in [3.05, 3.63) is 77.8 Å². The lowest BCUT2D eigenvalue weighted by molar-refractivity contribution is 0.0441. The highest BCUT2D eigenvalue weighted by atomic mass is 35.5. The van der Waals surface area contributed by atoms with Crippen molar-refractivity contribution in [2.75, 3.05) is 13.2 Å². The summed E-state index contributed by atoms with van der Waals surface area (Å²) in [6.07, 6.45) is 3.06. The van der Waals surface area contributed by atoms with Gasteiger partial charge in [-0.15, -0.1) is 0 Å². The largest absolute Gasteiger partial charge is 0.490 e. The molecule has 0 aliphatic rings. The molecule has 3 rings (SSSR count). The number of carbonyl (C=O) groups excluding carboxylic acids is 1. The quantitative estimate of drug-likeness (QED) is 0.505. The average Bonchev–Trinajstić information content (AvgIpc) is 3.11. The van der Waals surface area contributed by atoms with E-state index >= 15 is 0 Å². The van der Waals surface area contributed by atoms with Gasteiger partial charge in [0.1, 0.15) is 19.0 Å². The van der Waals surface area contributed by atoms with E-state index in [2.05, 4.69) is 4.98 Å². The van der Waals surface area contributed by atoms with Crippen molar-refractivity contribution in [3.8, 4) is 11.4 Å². The van der Waals surface area contributed by atoms with Crippen LogP contribution < -0.4 is 4.74 Å². The van der Waals surface area contributed by atoms with E-state index in [0.717, 1.165) is 5.69 Å². The zero-order chi connectivity index (χ0) is 16.8. The minimum Gasteiger partial charge on any atom is -0.490 e. The van der Waals surface area contributed by atoms with Crippen LogP contribution in [0.2, 0.25) is 5.02 Å². The third kappa shape index (κ3) is 3.94. The molecule has 0 spiro atoms. The normalized spacial score (nSPS) is 10.4. The Balaban J connectivity index is 1.54. The molecule has 1 heterocycles. The van der Waals surface area contributed by atoms with Gasteiger partial charge in [-0.2, -0.15) is 0 Å². The van der Waals surface area contributed by atoms with Crippen LogP contribution in [0.15, 0.2) is 67.1 Å². The van der Waals surface area contributed by atoms with E-state index < -0.39 is 5.97 Å². The molecule has 0 radical (unpaired) electrons. The molecule has 24 heavy (non-hydrogen) atoms. The maximum atomic E-state index is 12.2. The lowest BCUT2D eigenvalue weighted by atomic mass is 10.3. The SMILES string of the molecule is O=C(OCCOc1ccc(Cl)cc1)c1cncn1-c1ccccc1. The topological polar surface area (TPSA) is 53.4 Å². The summed E-state index contributed by atoms with van der Waals surface area (Å²) in [5.74, 6) is 0.223. The number of imidazole rings is 1. The van der Waals surface area contributed by atoms with E-state index in [1.54, 1.807) is 35.2 Å². The fourth-order valence-electron chi connectivity index (χ4n) is 2.14. The van der Waals surface area contributed by atoms with Crippen LogP contribution in [0.5, 0.6) is 5.75 Å². The molecule has 0 amide bonds. The van der Waals surface area contributed by atoms with Crippen molar-refractivity contribution >= 4 is 17.6 Å². The van der Waals surface area contributed by atoms with Crippen molar-refractivity contribution in [2.24, 2.45) is 0 Å². The van der Waals surface area contributed by atoms with Crippen LogP contribution in [0.3, 0.4) is 0 Å². The highest BCUT2D eigenvalue weighted by molar-refractivity contribution is 6.30. The lowest BCUT2D eigenvalue weighted by Crippen LogP contribution is -2.15. The number of esters is 1. The molecule has 2 aromatic carbocycles. The molecule has 122 valence electrons. The van der Waals surface area contributed by atoms with Gasteiger partial charge in [-0.25, -0.2) is 9.78 Å². The van der Waals surface area contributed by atoms with Crippen LogP contribution >= 0.6 is 11.6 Å². The van der Waals surface area contributed by atoms with Gasteiger partial charge in [-0.05, 0) is 36.4 Å². The second kappa shape index (κ2) is 7.66. The molecule has 0 saturated heterocycles. The zero-order valence-electron chi connectivity index (χ0n) is 12.8. The zero-order valence-corrected chi connectivity index (χ0v) is 13.5. The summed E-state index contributed by atoms with van der Waals surface area (Å²) in [6.45, 7) is 0.397. The minimum absolute atomic E-state index is 0.140. The van der Waals surface area contributed by atoms with Gasteiger partial charge >= 0.3 is 5.97 Å². The second-order valence-corrected chi connectivity index (χ2v) is 5.36.